The van der Waals surface area contributed by atoms with Crippen molar-refractivity contribution >= 4 is 0 Å². The van der Waals surface area contributed by atoms with Gasteiger partial charge in [0.2, 0.25) is 0 Å². The number of nitrogens with zero attached hydrogens (tertiary/aromatic N) is 2. The predicted octanol–water partition coefficient (Wildman–Crippen LogP) is 3.33. The maximum absolute atomic E-state index is 4.55. The number of piperidine rings is 1. The molecular formula is C14H22N2. The Kier molecular flexibility index (Phi) is 3.94. The van der Waals surface area contributed by atoms with Crippen molar-refractivity contribution in [3.05, 3.63) is 29.6 Å². The molecule has 0 aliphatic carbocycles. The van der Waals surface area contributed by atoms with Crippen LogP contribution >= 0.6 is 0 Å². The number of pyridine rings is 1. The summed E-state index contributed by atoms with van der Waals surface area (Å²) in [6.07, 6.45) is 7.16. The maximum atomic E-state index is 4.55. The van der Waals surface area contributed by atoms with E-state index in [0.29, 0.717) is 6.04 Å². The van der Waals surface area contributed by atoms with Gasteiger partial charge in [-0.3, -0.25) is 9.88 Å². The lowest BCUT2D eigenvalue weighted by Crippen LogP contribution is -2.34. The SMILES string of the molecule is CCCN1CCCC[C@H]1c1cc(C)ccn1. The molecule has 0 radical (unpaired) electrons. The molecule has 1 aliphatic heterocycles. The average molecular weight is 218 g/mol. The average Bonchev–Trinajstić information content (AvgIpc) is 2.30. The Labute approximate surface area is 98.7 Å². The third kappa shape index (κ3) is 2.62. The molecule has 1 saturated heterocycles. The Balaban J connectivity index is 2.16. The second-order valence-corrected chi connectivity index (χ2v) is 4.81. The van der Waals surface area contributed by atoms with E-state index in [-0.39, 0.29) is 0 Å². The van der Waals surface area contributed by atoms with Crippen LogP contribution in [0.3, 0.4) is 0 Å². The third-order valence-electron chi connectivity index (χ3n) is 3.40. The molecule has 88 valence electrons. The molecular weight excluding hydrogens is 196 g/mol. The van der Waals surface area contributed by atoms with Crippen LogP contribution in [-0.2, 0) is 0 Å². The summed E-state index contributed by atoms with van der Waals surface area (Å²) in [5.41, 5.74) is 2.60. The molecule has 1 fully saturated rings. The summed E-state index contributed by atoms with van der Waals surface area (Å²) >= 11 is 0. The number of rotatable bonds is 3. The monoisotopic (exact) mass is 218 g/mol. The lowest BCUT2D eigenvalue weighted by molar-refractivity contribution is 0.146. The number of hydrogen-bond donors (Lipinski definition) is 0. The highest BCUT2D eigenvalue weighted by atomic mass is 15.2. The van der Waals surface area contributed by atoms with Gasteiger partial charge in [0.25, 0.3) is 0 Å². The van der Waals surface area contributed by atoms with E-state index in [2.05, 4.69) is 35.9 Å². The van der Waals surface area contributed by atoms with Gasteiger partial charge in [-0.15, -0.1) is 0 Å². The van der Waals surface area contributed by atoms with Crippen LogP contribution < -0.4 is 0 Å². The van der Waals surface area contributed by atoms with Gasteiger partial charge in [0, 0.05) is 6.20 Å². The highest BCUT2D eigenvalue weighted by Crippen LogP contribution is 2.29. The van der Waals surface area contributed by atoms with E-state index in [1.807, 2.05) is 6.20 Å². The van der Waals surface area contributed by atoms with Gasteiger partial charge in [0.1, 0.15) is 0 Å². The molecule has 0 N–H and O–H groups in total. The summed E-state index contributed by atoms with van der Waals surface area (Å²) in [7, 11) is 0. The smallest absolute Gasteiger partial charge is 0.0578 e. The molecule has 1 aliphatic rings. The van der Waals surface area contributed by atoms with Crippen LogP contribution in [0.1, 0.15) is 49.9 Å². The predicted molar refractivity (Wildman–Crippen MR) is 67.4 cm³/mol. The summed E-state index contributed by atoms with van der Waals surface area (Å²) in [6, 6.07) is 4.89. The van der Waals surface area contributed by atoms with E-state index in [4.69, 9.17) is 0 Å². The molecule has 2 heterocycles. The Morgan fingerprint density at radius 1 is 1.44 bits per heavy atom. The molecule has 2 nitrogen and oxygen atoms in total. The minimum Gasteiger partial charge on any atom is -0.295 e. The second kappa shape index (κ2) is 5.44. The van der Waals surface area contributed by atoms with Crippen molar-refractivity contribution in [3.8, 4) is 0 Å². The van der Waals surface area contributed by atoms with Crippen molar-refractivity contribution in [2.75, 3.05) is 13.1 Å². The minimum atomic E-state index is 0.564. The first-order valence-electron chi connectivity index (χ1n) is 6.48. The zero-order chi connectivity index (χ0) is 11.4. The Morgan fingerprint density at radius 3 is 3.06 bits per heavy atom. The molecule has 0 bridgehead atoms. The molecule has 1 aromatic rings. The normalized spacial score (nSPS) is 22.2. The van der Waals surface area contributed by atoms with Crippen LogP contribution in [0.25, 0.3) is 0 Å². The third-order valence-corrected chi connectivity index (χ3v) is 3.40. The van der Waals surface area contributed by atoms with Crippen LogP contribution in [0, 0.1) is 6.92 Å². The summed E-state index contributed by atoms with van der Waals surface area (Å²) in [5, 5.41) is 0. The molecule has 0 amide bonds. The summed E-state index contributed by atoms with van der Waals surface area (Å²) in [5.74, 6) is 0. The molecule has 1 aromatic heterocycles. The van der Waals surface area contributed by atoms with Gasteiger partial charge in [0.15, 0.2) is 0 Å². The van der Waals surface area contributed by atoms with Gasteiger partial charge in [-0.05, 0) is 57.0 Å². The van der Waals surface area contributed by atoms with Crippen molar-refractivity contribution < 1.29 is 0 Å². The summed E-state index contributed by atoms with van der Waals surface area (Å²) < 4.78 is 0. The summed E-state index contributed by atoms with van der Waals surface area (Å²) in [4.78, 5) is 7.16. The lowest BCUT2D eigenvalue weighted by atomic mass is 9.98. The standard InChI is InChI=1S/C14H22N2/c1-3-9-16-10-5-4-6-14(16)13-11-12(2)7-8-15-13/h7-8,11,14H,3-6,9-10H2,1-2H3/t14-/m0/s1. The fraction of sp³-hybridized carbons (Fsp3) is 0.643. The van der Waals surface area contributed by atoms with Crippen LogP contribution in [-0.4, -0.2) is 23.0 Å². The van der Waals surface area contributed by atoms with Gasteiger partial charge in [-0.25, -0.2) is 0 Å². The van der Waals surface area contributed by atoms with Crippen molar-refractivity contribution in [2.45, 2.75) is 45.6 Å². The fourth-order valence-electron chi connectivity index (χ4n) is 2.62. The number of aryl methyl sites for hydroxylation is 1. The van der Waals surface area contributed by atoms with E-state index in [0.717, 1.165) is 0 Å². The molecule has 0 aromatic carbocycles. The second-order valence-electron chi connectivity index (χ2n) is 4.81. The number of hydrogen-bond acceptors (Lipinski definition) is 2. The van der Waals surface area contributed by atoms with Gasteiger partial charge in [-0.2, -0.15) is 0 Å². The Bertz CT molecular complexity index is 333. The van der Waals surface area contributed by atoms with Crippen LogP contribution in [0.2, 0.25) is 0 Å². The molecule has 0 unspecified atom stereocenters. The van der Waals surface area contributed by atoms with E-state index in [1.54, 1.807) is 0 Å². The highest BCUT2D eigenvalue weighted by Gasteiger charge is 2.23. The Hall–Kier alpha value is -0.890. The van der Waals surface area contributed by atoms with Crippen molar-refractivity contribution in [2.24, 2.45) is 0 Å². The largest absolute Gasteiger partial charge is 0.295 e. The molecule has 0 spiro atoms. The van der Waals surface area contributed by atoms with Crippen LogP contribution in [0.5, 0.6) is 0 Å². The van der Waals surface area contributed by atoms with Gasteiger partial charge in [-0.1, -0.05) is 13.3 Å². The van der Waals surface area contributed by atoms with E-state index < -0.39 is 0 Å². The zero-order valence-corrected chi connectivity index (χ0v) is 10.4. The van der Waals surface area contributed by atoms with E-state index in [9.17, 15) is 0 Å². The first-order valence-corrected chi connectivity index (χ1v) is 6.48. The quantitative estimate of drug-likeness (QED) is 0.773. The first kappa shape index (κ1) is 11.6. The van der Waals surface area contributed by atoms with Gasteiger partial charge in [0.05, 0.1) is 11.7 Å². The van der Waals surface area contributed by atoms with Crippen LogP contribution in [0.15, 0.2) is 18.3 Å². The van der Waals surface area contributed by atoms with Gasteiger partial charge >= 0.3 is 0 Å². The molecule has 16 heavy (non-hydrogen) atoms. The molecule has 0 saturated carbocycles. The van der Waals surface area contributed by atoms with E-state index >= 15 is 0 Å². The Morgan fingerprint density at radius 2 is 2.31 bits per heavy atom. The highest BCUT2D eigenvalue weighted by molar-refractivity contribution is 5.17. The molecule has 2 rings (SSSR count). The minimum absolute atomic E-state index is 0.564. The van der Waals surface area contributed by atoms with Gasteiger partial charge < -0.3 is 0 Å². The van der Waals surface area contributed by atoms with Crippen molar-refractivity contribution in [3.63, 3.8) is 0 Å². The molecule has 2 heteroatoms. The maximum Gasteiger partial charge on any atom is 0.0578 e. The number of likely N-dealkylation sites (tertiary alicyclic amines) is 1. The molecule has 1 atom stereocenters. The van der Waals surface area contributed by atoms with Crippen molar-refractivity contribution in [1.29, 1.82) is 0 Å². The van der Waals surface area contributed by atoms with Crippen molar-refractivity contribution in [1.82, 2.24) is 9.88 Å². The summed E-state index contributed by atoms with van der Waals surface area (Å²) in [6.45, 7) is 6.86. The fourth-order valence-corrected chi connectivity index (χ4v) is 2.62. The van der Waals surface area contributed by atoms with Crippen LogP contribution in [0.4, 0.5) is 0 Å². The number of aromatic nitrogens is 1. The first-order chi connectivity index (χ1) is 7.81. The topological polar surface area (TPSA) is 16.1 Å². The lowest BCUT2D eigenvalue weighted by Gasteiger charge is -2.35. The zero-order valence-electron chi connectivity index (χ0n) is 10.4. The van der Waals surface area contributed by atoms with E-state index in [1.165, 1.54) is 50.0 Å².